The minimum atomic E-state index is 0.608. The van der Waals surface area contributed by atoms with Crippen molar-refractivity contribution in [1.29, 1.82) is 0 Å². The van der Waals surface area contributed by atoms with E-state index in [0.29, 0.717) is 12.1 Å². The molecule has 2 heterocycles. The Balaban J connectivity index is 1.88. The zero-order valence-corrected chi connectivity index (χ0v) is 8.77. The molecule has 16 heavy (non-hydrogen) atoms. The molecule has 0 aliphatic carbocycles. The van der Waals surface area contributed by atoms with E-state index in [1.54, 1.807) is 0 Å². The van der Waals surface area contributed by atoms with Gasteiger partial charge in [-0.05, 0) is 17.2 Å². The van der Waals surface area contributed by atoms with Gasteiger partial charge >= 0.3 is 0 Å². The van der Waals surface area contributed by atoms with Gasteiger partial charge in [0.25, 0.3) is 0 Å². The van der Waals surface area contributed by atoms with E-state index in [-0.39, 0.29) is 0 Å². The molecule has 2 aromatic rings. The second-order valence-corrected chi connectivity index (χ2v) is 3.92. The maximum atomic E-state index is 5.72. The van der Waals surface area contributed by atoms with Crippen molar-refractivity contribution in [3.05, 3.63) is 41.3 Å². The van der Waals surface area contributed by atoms with E-state index in [1.165, 1.54) is 17.3 Å². The smallest absolute Gasteiger partial charge is 0.163 e. The lowest BCUT2D eigenvalue weighted by Crippen LogP contribution is -1.92. The molecular formula is C12H12N2O2. The topological polar surface area (TPSA) is 61.3 Å². The largest absolute Gasteiger partial charge is 0.493 e. The Labute approximate surface area is 93.0 Å². The van der Waals surface area contributed by atoms with Gasteiger partial charge in [0.15, 0.2) is 5.76 Å². The standard InChI is InChI=1S/C12H12N2O2/c13-10-7-14-16-12(10)6-8-1-2-11-9(5-8)3-4-15-11/h1-2,5,7H,3-4,6,13H2. The summed E-state index contributed by atoms with van der Waals surface area (Å²) < 4.78 is 10.5. The lowest BCUT2D eigenvalue weighted by atomic mass is 10.0. The maximum Gasteiger partial charge on any atom is 0.163 e. The number of fused-ring (bicyclic) bond motifs is 1. The fourth-order valence-electron chi connectivity index (χ4n) is 1.94. The molecule has 0 radical (unpaired) electrons. The number of aromatic nitrogens is 1. The molecule has 0 amide bonds. The van der Waals surface area contributed by atoms with Gasteiger partial charge in [-0.2, -0.15) is 0 Å². The highest BCUT2D eigenvalue weighted by atomic mass is 16.5. The molecule has 3 rings (SSSR count). The first-order valence-electron chi connectivity index (χ1n) is 5.26. The molecule has 2 N–H and O–H groups in total. The Kier molecular flexibility index (Phi) is 2.06. The molecule has 0 fully saturated rings. The third kappa shape index (κ3) is 1.52. The van der Waals surface area contributed by atoms with Gasteiger partial charge in [0.1, 0.15) is 5.75 Å². The van der Waals surface area contributed by atoms with Gasteiger partial charge in [0.2, 0.25) is 0 Å². The minimum Gasteiger partial charge on any atom is -0.493 e. The fraction of sp³-hybridized carbons (Fsp3) is 0.250. The molecule has 0 spiro atoms. The first-order chi connectivity index (χ1) is 7.83. The number of nitrogen functional groups attached to an aromatic ring is 1. The lowest BCUT2D eigenvalue weighted by molar-refractivity contribution is 0.356. The quantitative estimate of drug-likeness (QED) is 0.831. The highest BCUT2D eigenvalue weighted by Crippen LogP contribution is 2.27. The Morgan fingerprint density at radius 2 is 2.31 bits per heavy atom. The average Bonchev–Trinajstić information content (AvgIpc) is 2.88. The predicted octanol–water partition coefficient (Wildman–Crippen LogP) is 1.78. The second-order valence-electron chi connectivity index (χ2n) is 3.92. The van der Waals surface area contributed by atoms with Crippen LogP contribution in [-0.2, 0) is 12.8 Å². The van der Waals surface area contributed by atoms with Gasteiger partial charge in [0.05, 0.1) is 18.5 Å². The van der Waals surface area contributed by atoms with E-state index in [4.69, 9.17) is 15.0 Å². The summed E-state index contributed by atoms with van der Waals surface area (Å²) in [5, 5.41) is 3.67. The van der Waals surface area contributed by atoms with Crippen molar-refractivity contribution >= 4 is 5.69 Å². The summed E-state index contributed by atoms with van der Waals surface area (Å²) in [7, 11) is 0. The summed E-state index contributed by atoms with van der Waals surface area (Å²) in [6.07, 6.45) is 3.19. The molecule has 1 aromatic carbocycles. The molecule has 0 saturated carbocycles. The molecular weight excluding hydrogens is 204 g/mol. The molecule has 1 aliphatic rings. The number of hydrogen-bond donors (Lipinski definition) is 1. The maximum absolute atomic E-state index is 5.72. The van der Waals surface area contributed by atoms with E-state index in [2.05, 4.69) is 11.2 Å². The number of nitrogens with zero attached hydrogens (tertiary/aromatic N) is 1. The summed E-state index contributed by atoms with van der Waals surface area (Å²) in [6, 6.07) is 6.18. The second kappa shape index (κ2) is 3.56. The monoisotopic (exact) mass is 216 g/mol. The number of rotatable bonds is 2. The van der Waals surface area contributed by atoms with Crippen LogP contribution < -0.4 is 10.5 Å². The molecule has 4 nitrogen and oxygen atoms in total. The number of anilines is 1. The van der Waals surface area contributed by atoms with Gasteiger partial charge in [-0.25, -0.2) is 0 Å². The zero-order chi connectivity index (χ0) is 11.0. The Hall–Kier alpha value is -1.97. The van der Waals surface area contributed by atoms with E-state index in [0.717, 1.165) is 24.5 Å². The third-order valence-electron chi connectivity index (χ3n) is 2.80. The van der Waals surface area contributed by atoms with Crippen LogP contribution in [0.3, 0.4) is 0 Å². The highest BCUT2D eigenvalue weighted by molar-refractivity contribution is 5.44. The lowest BCUT2D eigenvalue weighted by Gasteiger charge is -2.02. The molecule has 1 aliphatic heterocycles. The van der Waals surface area contributed by atoms with Crippen molar-refractivity contribution in [3.8, 4) is 5.75 Å². The molecule has 0 bridgehead atoms. The predicted molar refractivity (Wildman–Crippen MR) is 59.4 cm³/mol. The van der Waals surface area contributed by atoms with Gasteiger partial charge in [-0.3, -0.25) is 0 Å². The number of ether oxygens (including phenoxy) is 1. The summed E-state index contributed by atoms with van der Waals surface area (Å²) in [6.45, 7) is 0.781. The molecule has 4 heteroatoms. The molecule has 0 saturated heterocycles. The Morgan fingerprint density at radius 1 is 1.38 bits per heavy atom. The summed E-state index contributed by atoms with van der Waals surface area (Å²) in [5.74, 6) is 1.72. The highest BCUT2D eigenvalue weighted by Gasteiger charge is 2.13. The normalized spacial score (nSPS) is 13.5. The number of benzene rings is 1. The van der Waals surface area contributed by atoms with E-state index < -0.39 is 0 Å². The molecule has 0 atom stereocenters. The van der Waals surface area contributed by atoms with Crippen LogP contribution >= 0.6 is 0 Å². The Morgan fingerprint density at radius 3 is 3.12 bits per heavy atom. The van der Waals surface area contributed by atoms with Crippen LogP contribution in [0, 0.1) is 0 Å². The fourth-order valence-corrected chi connectivity index (χ4v) is 1.94. The van der Waals surface area contributed by atoms with E-state index >= 15 is 0 Å². The van der Waals surface area contributed by atoms with Crippen molar-refractivity contribution in [2.45, 2.75) is 12.8 Å². The van der Waals surface area contributed by atoms with Crippen LogP contribution in [0.1, 0.15) is 16.9 Å². The van der Waals surface area contributed by atoms with Crippen LogP contribution in [0.25, 0.3) is 0 Å². The zero-order valence-electron chi connectivity index (χ0n) is 8.77. The van der Waals surface area contributed by atoms with Crippen LogP contribution in [0.4, 0.5) is 5.69 Å². The van der Waals surface area contributed by atoms with Crippen molar-refractivity contribution in [2.24, 2.45) is 0 Å². The van der Waals surface area contributed by atoms with Gasteiger partial charge in [-0.1, -0.05) is 17.3 Å². The third-order valence-corrected chi connectivity index (χ3v) is 2.80. The summed E-state index contributed by atoms with van der Waals surface area (Å²) >= 11 is 0. The van der Waals surface area contributed by atoms with Crippen LogP contribution in [0.5, 0.6) is 5.75 Å². The van der Waals surface area contributed by atoms with Crippen molar-refractivity contribution < 1.29 is 9.26 Å². The SMILES string of the molecule is Nc1cnoc1Cc1ccc2c(c1)CCO2. The molecule has 0 unspecified atom stereocenters. The van der Waals surface area contributed by atoms with E-state index in [1.807, 2.05) is 12.1 Å². The number of hydrogen-bond acceptors (Lipinski definition) is 4. The number of nitrogens with two attached hydrogens (primary N) is 1. The van der Waals surface area contributed by atoms with Crippen LogP contribution in [0.2, 0.25) is 0 Å². The van der Waals surface area contributed by atoms with Crippen LogP contribution in [0.15, 0.2) is 28.9 Å². The first-order valence-corrected chi connectivity index (χ1v) is 5.26. The van der Waals surface area contributed by atoms with Crippen molar-refractivity contribution in [2.75, 3.05) is 12.3 Å². The molecule has 1 aromatic heterocycles. The van der Waals surface area contributed by atoms with Crippen LogP contribution in [-0.4, -0.2) is 11.8 Å². The molecule has 82 valence electrons. The first kappa shape index (κ1) is 9.27. The van der Waals surface area contributed by atoms with Gasteiger partial charge in [-0.15, -0.1) is 0 Å². The summed E-state index contributed by atoms with van der Waals surface area (Å²) in [4.78, 5) is 0. The van der Waals surface area contributed by atoms with Gasteiger partial charge < -0.3 is 15.0 Å². The van der Waals surface area contributed by atoms with Gasteiger partial charge in [0, 0.05) is 12.8 Å². The van der Waals surface area contributed by atoms with Crippen molar-refractivity contribution in [1.82, 2.24) is 5.16 Å². The van der Waals surface area contributed by atoms with E-state index in [9.17, 15) is 0 Å². The minimum absolute atomic E-state index is 0.608. The van der Waals surface area contributed by atoms with Crippen molar-refractivity contribution in [3.63, 3.8) is 0 Å². The Bertz CT molecular complexity index is 519. The summed E-state index contributed by atoms with van der Waals surface area (Å²) in [5.41, 5.74) is 8.76. The average molecular weight is 216 g/mol.